The highest BCUT2D eigenvalue weighted by atomic mass is 16.7. The number of aryl methyl sites for hydroxylation is 1. The number of hydrogen-bond acceptors (Lipinski definition) is 7. The molecule has 2 heterocycles. The fraction of sp³-hybridized carbons (Fsp3) is 0.680. The maximum Gasteiger partial charge on any atom is 0.229 e. The van der Waals surface area contributed by atoms with Gasteiger partial charge in [0.1, 0.15) is 41.5 Å². The van der Waals surface area contributed by atoms with E-state index in [1.807, 2.05) is 6.07 Å². The van der Waals surface area contributed by atoms with Gasteiger partial charge in [-0.15, -0.1) is 0 Å². The highest BCUT2D eigenvalue weighted by molar-refractivity contribution is 5.53. The van der Waals surface area contributed by atoms with Crippen LogP contribution in [0.4, 0.5) is 0 Å². The van der Waals surface area contributed by atoms with Crippen LogP contribution >= 0.6 is 0 Å². The van der Waals surface area contributed by atoms with Crippen LogP contribution in [0.25, 0.3) is 0 Å². The molecule has 7 heteroatoms. The first-order valence-corrected chi connectivity index (χ1v) is 11.6. The van der Waals surface area contributed by atoms with Crippen molar-refractivity contribution in [1.82, 2.24) is 0 Å². The molecule has 1 aromatic carbocycles. The molecule has 0 bridgehead atoms. The minimum absolute atomic E-state index is 0.189. The predicted octanol–water partition coefficient (Wildman–Crippen LogP) is 2.43. The van der Waals surface area contributed by atoms with Crippen molar-refractivity contribution in [1.29, 1.82) is 0 Å². The van der Waals surface area contributed by atoms with E-state index in [2.05, 4.69) is 39.8 Å². The molecule has 2 aliphatic heterocycles. The topological polar surface area (TPSA) is 109 Å². The van der Waals surface area contributed by atoms with Crippen molar-refractivity contribution >= 4 is 0 Å². The van der Waals surface area contributed by atoms with Gasteiger partial charge in [0, 0.05) is 17.4 Å². The summed E-state index contributed by atoms with van der Waals surface area (Å²) in [5, 5.41) is 40.4. The molecule has 1 saturated heterocycles. The standard InChI is InChI=1S/C25H36O7/c1-5-6-14-10-17(30-24-23(29)22(28)21(27)19(12-26)31-24)20-15-9-13(2)7-8-16(15)25(3,4)32-18(20)11-14/h7,10-11,15-16,19,21-24,26-29H,5-6,8-9,12H2,1-4H3/t15-,16-,19?,21-,22?,23?,24-/m1/s1. The summed E-state index contributed by atoms with van der Waals surface area (Å²) in [6.07, 6.45) is -0.718. The molecule has 7 atom stereocenters. The lowest BCUT2D eigenvalue weighted by molar-refractivity contribution is -0.277. The molecule has 0 saturated carbocycles. The molecule has 32 heavy (non-hydrogen) atoms. The highest BCUT2D eigenvalue weighted by Crippen LogP contribution is 2.54. The first-order valence-electron chi connectivity index (χ1n) is 11.6. The van der Waals surface area contributed by atoms with Crippen LogP contribution in [0.1, 0.15) is 64.0 Å². The predicted molar refractivity (Wildman–Crippen MR) is 119 cm³/mol. The average molecular weight is 449 g/mol. The lowest BCUT2D eigenvalue weighted by Gasteiger charge is -2.47. The van der Waals surface area contributed by atoms with E-state index in [0.29, 0.717) is 5.75 Å². The first kappa shape index (κ1) is 23.5. The van der Waals surface area contributed by atoms with Crippen molar-refractivity contribution in [3.8, 4) is 11.5 Å². The Balaban J connectivity index is 1.76. The molecule has 3 aliphatic rings. The fourth-order valence-electron chi connectivity index (χ4n) is 5.42. The van der Waals surface area contributed by atoms with E-state index in [0.717, 1.165) is 42.6 Å². The van der Waals surface area contributed by atoms with Gasteiger partial charge in [-0.3, -0.25) is 0 Å². The Morgan fingerprint density at radius 2 is 1.88 bits per heavy atom. The Morgan fingerprint density at radius 3 is 2.56 bits per heavy atom. The Morgan fingerprint density at radius 1 is 1.12 bits per heavy atom. The van der Waals surface area contributed by atoms with Crippen molar-refractivity contribution in [3.05, 3.63) is 34.9 Å². The smallest absolute Gasteiger partial charge is 0.229 e. The van der Waals surface area contributed by atoms with Crippen LogP contribution in [0.15, 0.2) is 23.8 Å². The molecule has 1 fully saturated rings. The van der Waals surface area contributed by atoms with E-state index in [-0.39, 0.29) is 17.4 Å². The van der Waals surface area contributed by atoms with E-state index >= 15 is 0 Å². The lowest BCUT2D eigenvalue weighted by Crippen LogP contribution is -2.60. The van der Waals surface area contributed by atoms with Gasteiger partial charge < -0.3 is 34.6 Å². The minimum atomic E-state index is -1.48. The van der Waals surface area contributed by atoms with E-state index in [9.17, 15) is 20.4 Å². The monoisotopic (exact) mass is 448 g/mol. The molecule has 1 aromatic rings. The van der Waals surface area contributed by atoms with Crippen LogP contribution < -0.4 is 9.47 Å². The summed E-state index contributed by atoms with van der Waals surface area (Å²) >= 11 is 0. The lowest BCUT2D eigenvalue weighted by atomic mass is 9.67. The molecular weight excluding hydrogens is 412 g/mol. The summed E-state index contributed by atoms with van der Waals surface area (Å²) in [5.74, 6) is 1.81. The molecule has 7 nitrogen and oxygen atoms in total. The second-order valence-corrected chi connectivity index (χ2v) is 9.98. The van der Waals surface area contributed by atoms with Gasteiger partial charge in [0.2, 0.25) is 6.29 Å². The van der Waals surface area contributed by atoms with Gasteiger partial charge >= 0.3 is 0 Å². The number of aliphatic hydroxyl groups excluding tert-OH is 4. The second kappa shape index (κ2) is 8.95. The number of aliphatic hydroxyl groups is 4. The van der Waals surface area contributed by atoms with E-state index in [1.54, 1.807) is 0 Å². The molecule has 1 aliphatic carbocycles. The summed E-state index contributed by atoms with van der Waals surface area (Å²) in [4.78, 5) is 0. The van der Waals surface area contributed by atoms with Crippen molar-refractivity contribution in [3.63, 3.8) is 0 Å². The molecule has 4 rings (SSSR count). The number of benzene rings is 1. The fourth-order valence-corrected chi connectivity index (χ4v) is 5.42. The summed E-state index contributed by atoms with van der Waals surface area (Å²) in [5.41, 5.74) is 3.01. The Labute approximate surface area is 189 Å². The van der Waals surface area contributed by atoms with Gasteiger partial charge in [-0.1, -0.05) is 25.0 Å². The molecule has 178 valence electrons. The van der Waals surface area contributed by atoms with Gasteiger partial charge in [-0.05, 0) is 57.7 Å². The quantitative estimate of drug-likeness (QED) is 0.512. The third kappa shape index (κ3) is 4.17. The summed E-state index contributed by atoms with van der Waals surface area (Å²) < 4.78 is 18.3. The van der Waals surface area contributed by atoms with Crippen molar-refractivity contribution in [2.45, 2.75) is 95.6 Å². The first-order chi connectivity index (χ1) is 15.2. The summed E-state index contributed by atoms with van der Waals surface area (Å²) in [6, 6.07) is 4.06. The average Bonchev–Trinajstić information content (AvgIpc) is 2.73. The molecule has 4 N–H and O–H groups in total. The number of allylic oxidation sites excluding steroid dienone is 2. The largest absolute Gasteiger partial charge is 0.487 e. The van der Waals surface area contributed by atoms with Crippen LogP contribution in [0.2, 0.25) is 0 Å². The SMILES string of the molecule is CCCc1cc(O[C@@H]2OC(CO)[C@@H](O)C(O)C2O)c2c(c1)OC(C)(C)[C@@H]1CC=C(C)C[C@@H]21. The number of hydrogen-bond donors (Lipinski definition) is 4. The normalized spacial score (nSPS) is 35.9. The molecule has 0 spiro atoms. The Kier molecular flexibility index (Phi) is 6.58. The van der Waals surface area contributed by atoms with Crippen LogP contribution in [0.3, 0.4) is 0 Å². The van der Waals surface area contributed by atoms with Crippen molar-refractivity contribution < 1.29 is 34.6 Å². The van der Waals surface area contributed by atoms with Crippen LogP contribution in [0, 0.1) is 5.92 Å². The zero-order valence-electron chi connectivity index (χ0n) is 19.3. The summed E-state index contributed by atoms with van der Waals surface area (Å²) in [7, 11) is 0. The van der Waals surface area contributed by atoms with Crippen molar-refractivity contribution in [2.75, 3.05) is 6.61 Å². The molecular formula is C25H36O7. The maximum atomic E-state index is 10.5. The highest BCUT2D eigenvalue weighted by Gasteiger charge is 2.48. The van der Waals surface area contributed by atoms with Crippen molar-refractivity contribution in [2.24, 2.45) is 5.92 Å². The van der Waals surface area contributed by atoms with Crippen LogP contribution in [-0.2, 0) is 11.2 Å². The Bertz CT molecular complexity index is 862. The summed E-state index contributed by atoms with van der Waals surface area (Å²) in [6.45, 7) is 8.01. The zero-order valence-corrected chi connectivity index (χ0v) is 19.3. The second-order valence-electron chi connectivity index (χ2n) is 9.98. The Hall–Kier alpha value is -1.64. The van der Waals surface area contributed by atoms with Gasteiger partial charge in [-0.2, -0.15) is 0 Å². The van der Waals surface area contributed by atoms with Crippen LogP contribution in [-0.4, -0.2) is 63.3 Å². The van der Waals surface area contributed by atoms with E-state index in [4.69, 9.17) is 14.2 Å². The van der Waals surface area contributed by atoms with Crippen LogP contribution in [0.5, 0.6) is 11.5 Å². The van der Waals surface area contributed by atoms with Gasteiger partial charge in [0.15, 0.2) is 0 Å². The van der Waals surface area contributed by atoms with Gasteiger partial charge in [-0.25, -0.2) is 0 Å². The van der Waals surface area contributed by atoms with E-state index < -0.39 is 37.3 Å². The molecule has 0 radical (unpaired) electrons. The molecule has 0 amide bonds. The number of rotatable bonds is 5. The molecule has 3 unspecified atom stereocenters. The van der Waals surface area contributed by atoms with E-state index in [1.165, 1.54) is 5.57 Å². The number of ether oxygens (including phenoxy) is 3. The zero-order chi connectivity index (χ0) is 23.2. The number of fused-ring (bicyclic) bond motifs is 3. The molecule has 0 aromatic heterocycles. The third-order valence-electron chi connectivity index (χ3n) is 7.18. The van der Waals surface area contributed by atoms with Gasteiger partial charge in [0.25, 0.3) is 0 Å². The maximum absolute atomic E-state index is 10.5. The minimum Gasteiger partial charge on any atom is -0.487 e. The van der Waals surface area contributed by atoms with Gasteiger partial charge in [0.05, 0.1) is 6.61 Å². The third-order valence-corrected chi connectivity index (χ3v) is 7.18.